The molecule has 0 aliphatic carbocycles. The SMILES string of the molecule is COc1ccc(C(=O)NCC(=O)Nc2ccccn2)cc1OC. The van der Waals surface area contributed by atoms with Crippen molar-refractivity contribution in [2.24, 2.45) is 0 Å². The maximum Gasteiger partial charge on any atom is 0.251 e. The molecule has 7 heteroatoms. The summed E-state index contributed by atoms with van der Waals surface area (Å²) < 4.78 is 10.2. The number of benzene rings is 1. The van der Waals surface area contributed by atoms with Crippen LogP contribution < -0.4 is 20.1 Å². The van der Waals surface area contributed by atoms with Gasteiger partial charge >= 0.3 is 0 Å². The van der Waals surface area contributed by atoms with Gasteiger partial charge in [0.1, 0.15) is 5.82 Å². The fourth-order valence-electron chi connectivity index (χ4n) is 1.86. The van der Waals surface area contributed by atoms with Crippen LogP contribution in [0.3, 0.4) is 0 Å². The summed E-state index contributed by atoms with van der Waals surface area (Å²) in [6, 6.07) is 9.92. The zero-order valence-corrected chi connectivity index (χ0v) is 12.8. The van der Waals surface area contributed by atoms with Gasteiger partial charge in [-0.05, 0) is 30.3 Å². The van der Waals surface area contributed by atoms with E-state index in [2.05, 4.69) is 15.6 Å². The molecule has 0 unspecified atom stereocenters. The number of nitrogens with one attached hydrogen (secondary N) is 2. The summed E-state index contributed by atoms with van der Waals surface area (Å²) in [6.45, 7) is -0.163. The van der Waals surface area contributed by atoms with Crippen LogP contribution >= 0.6 is 0 Å². The normalized spacial score (nSPS) is 9.83. The zero-order chi connectivity index (χ0) is 16.7. The van der Waals surface area contributed by atoms with Gasteiger partial charge < -0.3 is 20.1 Å². The number of anilines is 1. The molecule has 1 aromatic carbocycles. The second-order valence-electron chi connectivity index (χ2n) is 4.52. The van der Waals surface area contributed by atoms with E-state index in [1.807, 2.05) is 0 Å². The Hall–Kier alpha value is -3.09. The molecule has 120 valence electrons. The van der Waals surface area contributed by atoms with Crippen molar-refractivity contribution in [1.29, 1.82) is 0 Å². The van der Waals surface area contributed by atoms with Crippen molar-refractivity contribution in [3.8, 4) is 11.5 Å². The van der Waals surface area contributed by atoms with Gasteiger partial charge in [0.05, 0.1) is 20.8 Å². The highest BCUT2D eigenvalue weighted by atomic mass is 16.5. The Labute approximate surface area is 133 Å². The molecule has 2 rings (SSSR count). The zero-order valence-electron chi connectivity index (χ0n) is 12.8. The van der Waals surface area contributed by atoms with Gasteiger partial charge in [-0.2, -0.15) is 0 Å². The van der Waals surface area contributed by atoms with Crippen molar-refractivity contribution in [3.05, 3.63) is 48.2 Å². The second-order valence-corrected chi connectivity index (χ2v) is 4.52. The fourth-order valence-corrected chi connectivity index (χ4v) is 1.86. The van der Waals surface area contributed by atoms with Gasteiger partial charge in [0.2, 0.25) is 5.91 Å². The number of ether oxygens (including phenoxy) is 2. The summed E-state index contributed by atoms with van der Waals surface area (Å²) in [6.07, 6.45) is 1.57. The number of pyridine rings is 1. The molecule has 2 amide bonds. The second kappa shape index (κ2) is 7.79. The van der Waals surface area contributed by atoms with Crippen LogP contribution in [0.4, 0.5) is 5.82 Å². The van der Waals surface area contributed by atoms with Crippen molar-refractivity contribution in [2.75, 3.05) is 26.1 Å². The molecule has 0 saturated carbocycles. The Morgan fingerprint density at radius 3 is 2.52 bits per heavy atom. The van der Waals surface area contributed by atoms with E-state index in [0.29, 0.717) is 22.9 Å². The lowest BCUT2D eigenvalue weighted by Crippen LogP contribution is -2.33. The van der Waals surface area contributed by atoms with Crippen LogP contribution in [0.5, 0.6) is 11.5 Å². The van der Waals surface area contributed by atoms with Gasteiger partial charge in [-0.1, -0.05) is 6.07 Å². The monoisotopic (exact) mass is 315 g/mol. The number of carbonyl (C=O) groups excluding carboxylic acids is 2. The summed E-state index contributed by atoms with van der Waals surface area (Å²) in [5.74, 6) is 0.646. The summed E-state index contributed by atoms with van der Waals surface area (Å²) in [5.41, 5.74) is 0.369. The number of amides is 2. The van der Waals surface area contributed by atoms with Crippen molar-refractivity contribution < 1.29 is 19.1 Å². The Bertz CT molecular complexity index is 689. The van der Waals surface area contributed by atoms with Gasteiger partial charge in [-0.25, -0.2) is 4.98 Å². The van der Waals surface area contributed by atoms with Crippen molar-refractivity contribution in [2.45, 2.75) is 0 Å². The quantitative estimate of drug-likeness (QED) is 0.842. The fraction of sp³-hybridized carbons (Fsp3) is 0.188. The van der Waals surface area contributed by atoms with Crippen molar-refractivity contribution in [1.82, 2.24) is 10.3 Å². The molecule has 23 heavy (non-hydrogen) atoms. The largest absolute Gasteiger partial charge is 0.493 e. The van der Waals surface area contributed by atoms with Crippen LogP contribution in [0, 0.1) is 0 Å². The number of nitrogens with zero attached hydrogens (tertiary/aromatic N) is 1. The van der Waals surface area contributed by atoms with E-state index in [1.165, 1.54) is 14.2 Å². The van der Waals surface area contributed by atoms with Crippen LogP contribution in [0.2, 0.25) is 0 Å². The molecule has 1 aromatic heterocycles. The average Bonchev–Trinajstić information content (AvgIpc) is 2.59. The predicted octanol–water partition coefficient (Wildman–Crippen LogP) is 1.47. The molecule has 0 atom stereocenters. The third-order valence-electron chi connectivity index (χ3n) is 2.99. The van der Waals surface area contributed by atoms with E-state index >= 15 is 0 Å². The lowest BCUT2D eigenvalue weighted by Gasteiger charge is -2.10. The maximum atomic E-state index is 12.1. The van der Waals surface area contributed by atoms with Gasteiger partial charge in [-0.15, -0.1) is 0 Å². The first-order chi connectivity index (χ1) is 11.1. The summed E-state index contributed by atoms with van der Waals surface area (Å²) in [7, 11) is 3.00. The third-order valence-corrected chi connectivity index (χ3v) is 2.99. The van der Waals surface area contributed by atoms with Crippen LogP contribution in [0.1, 0.15) is 10.4 Å². The summed E-state index contributed by atoms with van der Waals surface area (Å²) >= 11 is 0. The maximum absolute atomic E-state index is 12.1. The van der Waals surface area contributed by atoms with Gasteiger partial charge in [0.15, 0.2) is 11.5 Å². The predicted molar refractivity (Wildman–Crippen MR) is 84.7 cm³/mol. The highest BCUT2D eigenvalue weighted by molar-refractivity contribution is 5.99. The van der Waals surface area contributed by atoms with E-state index in [0.717, 1.165) is 0 Å². The van der Waals surface area contributed by atoms with Crippen molar-refractivity contribution in [3.63, 3.8) is 0 Å². The summed E-state index contributed by atoms with van der Waals surface area (Å²) in [4.78, 5) is 27.8. The minimum atomic E-state index is -0.387. The topological polar surface area (TPSA) is 89.5 Å². The Morgan fingerprint density at radius 2 is 1.87 bits per heavy atom. The van der Waals surface area contributed by atoms with Gasteiger partial charge in [0.25, 0.3) is 5.91 Å². The van der Waals surface area contributed by atoms with Crippen LogP contribution in [-0.4, -0.2) is 37.6 Å². The standard InChI is InChI=1S/C16H17N3O4/c1-22-12-7-6-11(9-13(12)23-2)16(21)18-10-15(20)19-14-5-3-4-8-17-14/h3-9H,10H2,1-2H3,(H,18,21)(H,17,19,20). The molecule has 0 aliphatic heterocycles. The number of aromatic nitrogens is 1. The Kier molecular flexibility index (Phi) is 5.51. The molecular weight excluding hydrogens is 298 g/mol. The average molecular weight is 315 g/mol. The lowest BCUT2D eigenvalue weighted by atomic mass is 10.2. The number of hydrogen-bond donors (Lipinski definition) is 2. The van der Waals surface area contributed by atoms with E-state index in [1.54, 1.807) is 42.6 Å². The van der Waals surface area contributed by atoms with Gasteiger partial charge in [-0.3, -0.25) is 9.59 Å². The molecule has 1 heterocycles. The number of carbonyl (C=O) groups is 2. The van der Waals surface area contributed by atoms with Crippen LogP contribution in [0.25, 0.3) is 0 Å². The Morgan fingerprint density at radius 1 is 1.09 bits per heavy atom. The molecule has 0 saturated heterocycles. The molecular formula is C16H17N3O4. The van der Waals surface area contributed by atoms with E-state index in [9.17, 15) is 9.59 Å². The van der Waals surface area contributed by atoms with E-state index in [4.69, 9.17) is 9.47 Å². The molecule has 0 radical (unpaired) electrons. The number of methoxy groups -OCH3 is 2. The van der Waals surface area contributed by atoms with E-state index in [-0.39, 0.29) is 18.4 Å². The lowest BCUT2D eigenvalue weighted by molar-refractivity contribution is -0.115. The molecule has 2 aromatic rings. The molecule has 0 aliphatic rings. The molecule has 2 N–H and O–H groups in total. The minimum absolute atomic E-state index is 0.163. The smallest absolute Gasteiger partial charge is 0.251 e. The molecule has 0 spiro atoms. The molecule has 0 fully saturated rings. The first-order valence-corrected chi connectivity index (χ1v) is 6.85. The highest BCUT2D eigenvalue weighted by Crippen LogP contribution is 2.27. The van der Waals surface area contributed by atoms with Gasteiger partial charge in [0, 0.05) is 11.8 Å². The first kappa shape index (κ1) is 16.3. The van der Waals surface area contributed by atoms with E-state index < -0.39 is 0 Å². The minimum Gasteiger partial charge on any atom is -0.493 e. The third kappa shape index (κ3) is 4.44. The first-order valence-electron chi connectivity index (χ1n) is 6.85. The molecule has 0 bridgehead atoms. The summed E-state index contributed by atoms with van der Waals surface area (Å²) in [5, 5.41) is 5.11. The highest BCUT2D eigenvalue weighted by Gasteiger charge is 2.12. The number of rotatable bonds is 6. The van der Waals surface area contributed by atoms with Crippen molar-refractivity contribution >= 4 is 17.6 Å². The number of hydrogen-bond acceptors (Lipinski definition) is 5. The van der Waals surface area contributed by atoms with Crippen LogP contribution in [0.15, 0.2) is 42.6 Å². The Balaban J connectivity index is 1.93. The van der Waals surface area contributed by atoms with Crippen LogP contribution in [-0.2, 0) is 4.79 Å². The molecule has 7 nitrogen and oxygen atoms in total.